The van der Waals surface area contributed by atoms with Gasteiger partial charge in [-0.2, -0.15) is 0 Å². The summed E-state index contributed by atoms with van der Waals surface area (Å²) in [7, 11) is 0. The van der Waals surface area contributed by atoms with Gasteiger partial charge in [0, 0.05) is 12.5 Å². The molecule has 1 heterocycles. The minimum Gasteiger partial charge on any atom is -0.507 e. The van der Waals surface area contributed by atoms with Crippen molar-refractivity contribution in [2.75, 3.05) is 6.61 Å². The van der Waals surface area contributed by atoms with Crippen LogP contribution < -0.4 is 10.5 Å². The molecular formula is C9H11NO3. The fourth-order valence-electron chi connectivity index (χ4n) is 1.52. The summed E-state index contributed by atoms with van der Waals surface area (Å²) in [5.74, 6) is 0.432. The highest BCUT2D eigenvalue weighted by atomic mass is 16.5. The van der Waals surface area contributed by atoms with E-state index in [0.29, 0.717) is 24.3 Å². The summed E-state index contributed by atoms with van der Waals surface area (Å²) in [4.78, 5) is 0. The predicted molar refractivity (Wildman–Crippen MR) is 46.8 cm³/mol. The Kier molecular flexibility index (Phi) is 1.77. The highest BCUT2D eigenvalue weighted by Crippen LogP contribution is 2.42. The fraction of sp³-hybridized carbons (Fsp3) is 0.333. The van der Waals surface area contributed by atoms with Gasteiger partial charge in [-0.05, 0) is 12.1 Å². The molecule has 4 nitrogen and oxygen atoms in total. The lowest BCUT2D eigenvalue weighted by Crippen LogP contribution is -2.20. The summed E-state index contributed by atoms with van der Waals surface area (Å²) < 4.78 is 5.22. The number of nitrogens with two attached hydrogens (primary N) is 1. The molecule has 1 atom stereocenters. The van der Waals surface area contributed by atoms with Gasteiger partial charge in [0.25, 0.3) is 0 Å². The van der Waals surface area contributed by atoms with E-state index in [1.54, 1.807) is 0 Å². The number of phenolic OH excluding ortho intramolecular Hbond substituents is 2. The number of benzene rings is 1. The Hall–Kier alpha value is -1.42. The summed E-state index contributed by atoms with van der Waals surface area (Å²) in [6, 6.07) is 2.56. The van der Waals surface area contributed by atoms with Crippen LogP contribution in [0.15, 0.2) is 12.1 Å². The average molecular weight is 181 g/mol. The maximum Gasteiger partial charge on any atom is 0.169 e. The first kappa shape index (κ1) is 8.19. The maximum absolute atomic E-state index is 9.48. The molecule has 0 aliphatic carbocycles. The van der Waals surface area contributed by atoms with Crippen molar-refractivity contribution in [3.05, 3.63) is 17.7 Å². The first-order valence-corrected chi connectivity index (χ1v) is 4.13. The normalized spacial score (nSPS) is 20.5. The van der Waals surface area contributed by atoms with Crippen molar-refractivity contribution in [1.29, 1.82) is 0 Å². The van der Waals surface area contributed by atoms with Crippen molar-refractivity contribution >= 4 is 0 Å². The topological polar surface area (TPSA) is 75.7 Å². The van der Waals surface area contributed by atoms with Gasteiger partial charge >= 0.3 is 0 Å². The van der Waals surface area contributed by atoms with Gasteiger partial charge < -0.3 is 20.7 Å². The van der Waals surface area contributed by atoms with Crippen molar-refractivity contribution in [2.45, 2.75) is 12.5 Å². The van der Waals surface area contributed by atoms with Crippen molar-refractivity contribution in [2.24, 2.45) is 5.73 Å². The van der Waals surface area contributed by atoms with E-state index in [0.717, 1.165) is 0 Å². The number of ether oxygens (including phenoxy) is 1. The summed E-state index contributed by atoms with van der Waals surface area (Å²) in [6.07, 6.45) is 0.657. The van der Waals surface area contributed by atoms with Crippen LogP contribution in [0.1, 0.15) is 18.0 Å². The Morgan fingerprint density at radius 2 is 2.00 bits per heavy atom. The molecule has 1 aromatic carbocycles. The van der Waals surface area contributed by atoms with Crippen molar-refractivity contribution < 1.29 is 14.9 Å². The van der Waals surface area contributed by atoms with Crippen LogP contribution in [0, 0.1) is 0 Å². The molecule has 2 rings (SSSR count). The Morgan fingerprint density at radius 3 is 2.69 bits per heavy atom. The minimum atomic E-state index is -0.254. The second-order valence-corrected chi connectivity index (χ2v) is 3.09. The van der Waals surface area contributed by atoms with Gasteiger partial charge in [0.1, 0.15) is 5.75 Å². The molecule has 0 saturated carbocycles. The summed E-state index contributed by atoms with van der Waals surface area (Å²) in [5.41, 5.74) is 6.27. The quantitative estimate of drug-likeness (QED) is 0.519. The number of aromatic hydroxyl groups is 2. The zero-order valence-corrected chi connectivity index (χ0v) is 7.03. The van der Waals surface area contributed by atoms with E-state index in [4.69, 9.17) is 10.5 Å². The standard InChI is InChI=1S/C9H11NO3/c10-5-3-4-13-9-7(12)2-1-6(11)8(5)9/h1-2,5,11-12H,3-4,10H2/t5-/m0/s1. The lowest BCUT2D eigenvalue weighted by molar-refractivity contribution is 0.251. The van der Waals surface area contributed by atoms with Crippen LogP contribution in [0.25, 0.3) is 0 Å². The molecule has 0 bridgehead atoms. The van der Waals surface area contributed by atoms with Crippen LogP contribution in [0.2, 0.25) is 0 Å². The lowest BCUT2D eigenvalue weighted by atomic mass is 10.00. The molecule has 0 amide bonds. The SMILES string of the molecule is N[C@H]1CCOc2c(O)ccc(O)c21. The summed E-state index contributed by atoms with van der Waals surface area (Å²) >= 11 is 0. The predicted octanol–water partition coefficient (Wildman–Crippen LogP) is 0.880. The van der Waals surface area contributed by atoms with E-state index in [9.17, 15) is 10.2 Å². The third-order valence-electron chi connectivity index (χ3n) is 2.20. The van der Waals surface area contributed by atoms with E-state index in [1.807, 2.05) is 0 Å². The lowest BCUT2D eigenvalue weighted by Gasteiger charge is -2.24. The third kappa shape index (κ3) is 1.19. The first-order chi connectivity index (χ1) is 6.20. The van der Waals surface area contributed by atoms with Crippen molar-refractivity contribution in [3.63, 3.8) is 0 Å². The number of hydrogen-bond acceptors (Lipinski definition) is 4. The van der Waals surface area contributed by atoms with Gasteiger partial charge in [-0.3, -0.25) is 0 Å². The maximum atomic E-state index is 9.48. The molecule has 0 radical (unpaired) electrons. The highest BCUT2D eigenvalue weighted by molar-refractivity contribution is 5.54. The van der Waals surface area contributed by atoms with Gasteiger partial charge in [-0.1, -0.05) is 0 Å². The Morgan fingerprint density at radius 1 is 1.31 bits per heavy atom. The van der Waals surface area contributed by atoms with Crippen LogP contribution in [-0.2, 0) is 0 Å². The van der Waals surface area contributed by atoms with E-state index in [2.05, 4.69) is 0 Å². The molecule has 70 valence electrons. The molecule has 0 aromatic heterocycles. The minimum absolute atomic E-state index is 0.0305. The molecular weight excluding hydrogens is 170 g/mol. The monoisotopic (exact) mass is 181 g/mol. The summed E-state index contributed by atoms with van der Waals surface area (Å²) in [6.45, 7) is 0.477. The molecule has 1 aromatic rings. The molecule has 4 N–H and O–H groups in total. The smallest absolute Gasteiger partial charge is 0.169 e. The van der Waals surface area contributed by atoms with Gasteiger partial charge in [0.05, 0.1) is 12.2 Å². The van der Waals surface area contributed by atoms with Crippen LogP contribution in [0.5, 0.6) is 17.2 Å². The van der Waals surface area contributed by atoms with E-state index in [-0.39, 0.29) is 17.5 Å². The third-order valence-corrected chi connectivity index (χ3v) is 2.20. The molecule has 13 heavy (non-hydrogen) atoms. The van der Waals surface area contributed by atoms with Crippen molar-refractivity contribution in [1.82, 2.24) is 0 Å². The van der Waals surface area contributed by atoms with Gasteiger partial charge in [-0.15, -0.1) is 0 Å². The zero-order chi connectivity index (χ0) is 9.42. The Balaban J connectivity index is 2.60. The van der Waals surface area contributed by atoms with Crippen LogP contribution >= 0.6 is 0 Å². The largest absolute Gasteiger partial charge is 0.507 e. The number of rotatable bonds is 0. The van der Waals surface area contributed by atoms with E-state index in [1.165, 1.54) is 12.1 Å². The molecule has 1 aliphatic rings. The Bertz CT molecular complexity index is 338. The summed E-state index contributed by atoms with van der Waals surface area (Å²) in [5, 5.41) is 18.9. The van der Waals surface area contributed by atoms with Crippen LogP contribution in [0.4, 0.5) is 0 Å². The molecule has 0 saturated heterocycles. The van der Waals surface area contributed by atoms with E-state index < -0.39 is 0 Å². The number of phenols is 2. The van der Waals surface area contributed by atoms with Gasteiger partial charge in [0.15, 0.2) is 11.5 Å². The molecule has 1 aliphatic heterocycles. The molecule has 0 spiro atoms. The first-order valence-electron chi connectivity index (χ1n) is 4.13. The molecule has 4 heteroatoms. The zero-order valence-electron chi connectivity index (χ0n) is 7.03. The second kappa shape index (κ2) is 2.81. The number of hydrogen-bond donors (Lipinski definition) is 3. The average Bonchev–Trinajstić information content (AvgIpc) is 2.12. The second-order valence-electron chi connectivity index (χ2n) is 3.09. The number of fused-ring (bicyclic) bond motifs is 1. The molecule has 0 fully saturated rings. The van der Waals surface area contributed by atoms with Crippen LogP contribution in [0.3, 0.4) is 0 Å². The van der Waals surface area contributed by atoms with E-state index >= 15 is 0 Å². The van der Waals surface area contributed by atoms with Crippen LogP contribution in [-0.4, -0.2) is 16.8 Å². The van der Waals surface area contributed by atoms with Gasteiger partial charge in [0.2, 0.25) is 0 Å². The van der Waals surface area contributed by atoms with Gasteiger partial charge in [-0.25, -0.2) is 0 Å². The fourth-order valence-corrected chi connectivity index (χ4v) is 1.52. The molecule has 0 unspecified atom stereocenters. The highest BCUT2D eigenvalue weighted by Gasteiger charge is 2.24. The Labute approximate surface area is 75.6 Å². The van der Waals surface area contributed by atoms with Crippen molar-refractivity contribution in [3.8, 4) is 17.2 Å².